The fourth-order valence-electron chi connectivity index (χ4n) is 5.52. The summed E-state index contributed by atoms with van der Waals surface area (Å²) in [4.78, 5) is 42.4. The van der Waals surface area contributed by atoms with E-state index < -0.39 is 23.7 Å². The second-order valence-electron chi connectivity index (χ2n) is 8.18. The summed E-state index contributed by atoms with van der Waals surface area (Å²) < 4.78 is 18.5. The molecule has 3 heterocycles. The highest BCUT2D eigenvalue weighted by molar-refractivity contribution is 6.24. The summed E-state index contributed by atoms with van der Waals surface area (Å²) in [5.74, 6) is -1.70. The molecule has 5 rings (SSSR count). The van der Waals surface area contributed by atoms with E-state index in [9.17, 15) is 18.8 Å². The van der Waals surface area contributed by atoms with Crippen LogP contribution >= 0.6 is 0 Å². The first-order chi connectivity index (χ1) is 14.5. The summed E-state index contributed by atoms with van der Waals surface area (Å²) >= 11 is 0. The summed E-state index contributed by atoms with van der Waals surface area (Å²) in [6.45, 7) is 0.762. The van der Waals surface area contributed by atoms with Crippen LogP contribution in [0.1, 0.15) is 23.2 Å². The average Bonchev–Trinajstić information content (AvgIpc) is 3.40. The number of carbonyl (C=O) groups excluding carboxylic acids is 3. The molecule has 1 N–H and O–H groups in total. The maximum Gasteiger partial charge on any atom is 0.244 e. The molecule has 30 heavy (non-hydrogen) atoms. The lowest BCUT2D eigenvalue weighted by atomic mass is 9.85. The Morgan fingerprint density at radius 3 is 2.37 bits per heavy atom. The van der Waals surface area contributed by atoms with Crippen LogP contribution in [0.3, 0.4) is 0 Å². The molecule has 3 fully saturated rings. The van der Waals surface area contributed by atoms with Crippen LogP contribution in [0.4, 0.5) is 10.1 Å². The lowest BCUT2D eigenvalue weighted by Crippen LogP contribution is -3.16. The molecule has 2 amide bonds. The van der Waals surface area contributed by atoms with E-state index in [1.54, 1.807) is 31.4 Å². The minimum atomic E-state index is -0.683. The molecule has 3 saturated heterocycles. The molecule has 0 aliphatic carbocycles. The summed E-state index contributed by atoms with van der Waals surface area (Å²) in [5, 5.41) is 0. The molecule has 7 heteroatoms. The zero-order valence-corrected chi connectivity index (χ0v) is 16.5. The molecule has 0 saturated carbocycles. The van der Waals surface area contributed by atoms with Gasteiger partial charge >= 0.3 is 0 Å². The first-order valence-corrected chi connectivity index (χ1v) is 10.2. The van der Waals surface area contributed by atoms with E-state index in [0.717, 1.165) is 24.3 Å². The van der Waals surface area contributed by atoms with Gasteiger partial charge in [-0.15, -0.1) is 0 Å². The van der Waals surface area contributed by atoms with Crippen molar-refractivity contribution < 1.29 is 28.4 Å². The predicted molar refractivity (Wildman–Crippen MR) is 106 cm³/mol. The highest BCUT2D eigenvalue weighted by atomic mass is 19.1. The Balaban J connectivity index is 1.52. The second kappa shape index (κ2) is 7.02. The molecular formula is C23H22FN2O4+. The maximum atomic E-state index is 13.4. The Labute approximate surface area is 173 Å². The molecule has 2 aromatic carbocycles. The quantitative estimate of drug-likeness (QED) is 0.610. The number of quaternary nitrogens is 1. The average molecular weight is 409 g/mol. The van der Waals surface area contributed by atoms with Gasteiger partial charge in [0.1, 0.15) is 29.4 Å². The number of ether oxygens (including phenoxy) is 1. The van der Waals surface area contributed by atoms with Gasteiger partial charge in [-0.2, -0.15) is 0 Å². The minimum Gasteiger partial charge on any atom is -0.497 e. The van der Waals surface area contributed by atoms with Crippen LogP contribution in [-0.4, -0.2) is 43.3 Å². The van der Waals surface area contributed by atoms with Crippen molar-refractivity contribution in [2.24, 2.45) is 11.8 Å². The van der Waals surface area contributed by atoms with Gasteiger partial charge in [0.2, 0.25) is 17.6 Å². The van der Waals surface area contributed by atoms with Gasteiger partial charge in [-0.05, 0) is 48.5 Å². The first kappa shape index (κ1) is 18.9. The van der Waals surface area contributed by atoms with Crippen LogP contribution in [-0.2, 0) is 9.59 Å². The van der Waals surface area contributed by atoms with Crippen LogP contribution in [0.25, 0.3) is 0 Å². The van der Waals surface area contributed by atoms with Crippen molar-refractivity contribution in [1.29, 1.82) is 0 Å². The number of Topliss-reactive ketones (excluding diaryl/α,β-unsaturated/α-hetero) is 1. The van der Waals surface area contributed by atoms with Gasteiger partial charge in [-0.1, -0.05) is 0 Å². The highest BCUT2D eigenvalue weighted by Crippen LogP contribution is 2.40. The van der Waals surface area contributed by atoms with Gasteiger partial charge in [0.15, 0.2) is 6.04 Å². The molecule has 6 nitrogen and oxygen atoms in total. The number of ketones is 1. The number of amides is 2. The number of imide groups is 1. The highest BCUT2D eigenvalue weighted by Gasteiger charge is 2.68. The third kappa shape index (κ3) is 2.69. The van der Waals surface area contributed by atoms with Crippen LogP contribution in [0.15, 0.2) is 48.5 Å². The number of hydrogen-bond acceptors (Lipinski definition) is 4. The van der Waals surface area contributed by atoms with E-state index in [4.69, 9.17) is 4.74 Å². The predicted octanol–water partition coefficient (Wildman–Crippen LogP) is 1.25. The van der Waals surface area contributed by atoms with Crippen LogP contribution in [0, 0.1) is 17.7 Å². The van der Waals surface area contributed by atoms with Crippen molar-refractivity contribution in [3.63, 3.8) is 0 Å². The molecule has 0 bridgehead atoms. The zero-order chi connectivity index (χ0) is 21.0. The Morgan fingerprint density at radius 1 is 1.03 bits per heavy atom. The van der Waals surface area contributed by atoms with Gasteiger partial charge in [0, 0.05) is 18.4 Å². The van der Waals surface area contributed by atoms with Crippen molar-refractivity contribution in [2.45, 2.75) is 24.9 Å². The Bertz CT molecular complexity index is 1020. The topological polar surface area (TPSA) is 68.1 Å². The van der Waals surface area contributed by atoms with Crippen LogP contribution < -0.4 is 14.5 Å². The van der Waals surface area contributed by atoms with E-state index in [2.05, 4.69) is 0 Å². The zero-order valence-electron chi connectivity index (χ0n) is 16.5. The van der Waals surface area contributed by atoms with Gasteiger partial charge in [0.25, 0.3) is 0 Å². The van der Waals surface area contributed by atoms with Gasteiger partial charge in [0.05, 0.1) is 19.3 Å². The number of carbonyl (C=O) groups is 3. The number of methoxy groups -OCH3 is 1. The fraction of sp³-hybridized carbons (Fsp3) is 0.348. The van der Waals surface area contributed by atoms with Gasteiger partial charge < -0.3 is 9.64 Å². The van der Waals surface area contributed by atoms with Crippen LogP contribution in [0.5, 0.6) is 5.75 Å². The Morgan fingerprint density at radius 2 is 1.70 bits per heavy atom. The molecular weight excluding hydrogens is 387 g/mol. The number of nitrogens with zero attached hydrogens (tertiary/aromatic N) is 1. The summed E-state index contributed by atoms with van der Waals surface area (Å²) in [5.41, 5.74) is 0.871. The molecule has 0 radical (unpaired) electrons. The minimum absolute atomic E-state index is 0.0379. The monoisotopic (exact) mass is 409 g/mol. The second-order valence-corrected chi connectivity index (χ2v) is 8.18. The van der Waals surface area contributed by atoms with E-state index in [0.29, 0.717) is 17.0 Å². The summed E-state index contributed by atoms with van der Waals surface area (Å²) in [6.07, 6.45) is 1.74. The van der Waals surface area contributed by atoms with Crippen molar-refractivity contribution >= 4 is 23.3 Å². The number of fused-ring (bicyclic) bond motifs is 3. The van der Waals surface area contributed by atoms with Gasteiger partial charge in [-0.25, -0.2) is 9.29 Å². The van der Waals surface area contributed by atoms with E-state index in [-0.39, 0.29) is 23.6 Å². The molecule has 0 aromatic heterocycles. The SMILES string of the molecule is COc1ccc(N2C(=O)[C@@H]3[C@H](C2=O)[C@@H]2CCC[NH+]2[C@@H]3C(=O)c2ccc(F)cc2)cc1. The molecule has 154 valence electrons. The third-order valence-corrected chi connectivity index (χ3v) is 6.79. The number of halogens is 1. The number of anilines is 1. The fourth-order valence-corrected chi connectivity index (χ4v) is 5.52. The molecule has 2 aromatic rings. The van der Waals surface area contributed by atoms with Crippen LogP contribution in [0.2, 0.25) is 0 Å². The van der Waals surface area contributed by atoms with E-state index in [1.165, 1.54) is 29.2 Å². The van der Waals surface area contributed by atoms with Crippen molar-refractivity contribution in [2.75, 3.05) is 18.6 Å². The normalized spacial score (nSPS) is 29.8. The number of rotatable bonds is 4. The lowest BCUT2D eigenvalue weighted by Gasteiger charge is -2.25. The smallest absolute Gasteiger partial charge is 0.244 e. The summed E-state index contributed by atoms with van der Waals surface area (Å²) in [6, 6.07) is 11.5. The first-order valence-electron chi connectivity index (χ1n) is 10.2. The van der Waals surface area contributed by atoms with E-state index in [1.807, 2.05) is 0 Å². The van der Waals surface area contributed by atoms with Crippen molar-refractivity contribution in [3.05, 3.63) is 59.9 Å². The summed E-state index contributed by atoms with van der Waals surface area (Å²) in [7, 11) is 1.55. The Kier molecular flexibility index (Phi) is 4.43. The van der Waals surface area contributed by atoms with Gasteiger partial charge in [-0.3, -0.25) is 14.4 Å². The lowest BCUT2D eigenvalue weighted by molar-refractivity contribution is -0.915. The third-order valence-electron chi connectivity index (χ3n) is 6.79. The van der Waals surface area contributed by atoms with Crippen molar-refractivity contribution in [1.82, 2.24) is 0 Å². The molecule has 5 atom stereocenters. The molecule has 3 aliphatic rings. The molecule has 1 unspecified atom stereocenters. The maximum absolute atomic E-state index is 13.4. The largest absolute Gasteiger partial charge is 0.497 e. The standard InChI is InChI=1S/C23H21FN2O4/c1-30-16-10-8-15(9-11-16)26-22(28)18-17-3-2-12-25(17)20(19(18)23(26)29)21(27)13-4-6-14(24)7-5-13/h4-11,17-20H,2-3,12H2,1H3/p+1/t17-,18+,19+,20-/m0/s1. The molecule has 3 aliphatic heterocycles. The molecule has 0 spiro atoms. The Hall–Kier alpha value is -3.06. The van der Waals surface area contributed by atoms with Crippen molar-refractivity contribution in [3.8, 4) is 5.75 Å². The van der Waals surface area contributed by atoms with E-state index >= 15 is 0 Å². The number of hydrogen-bond donors (Lipinski definition) is 1. The number of nitrogens with one attached hydrogen (secondary N) is 1. The number of benzene rings is 2.